The summed E-state index contributed by atoms with van der Waals surface area (Å²) in [5, 5.41) is 11.6. The lowest BCUT2D eigenvalue weighted by Crippen LogP contribution is -2.28. The Morgan fingerprint density at radius 1 is 0.892 bits per heavy atom. The van der Waals surface area contributed by atoms with Crippen LogP contribution in [0.15, 0.2) is 73.4 Å². The number of carbonyl (C=O) groups is 1. The van der Waals surface area contributed by atoms with Gasteiger partial charge in [0.05, 0.1) is 28.6 Å². The summed E-state index contributed by atoms with van der Waals surface area (Å²) in [6, 6.07) is 13.8. The average Bonchev–Trinajstić information content (AvgIpc) is 3.52. The number of imidazole rings is 1. The third kappa shape index (κ3) is 3.81. The van der Waals surface area contributed by atoms with Crippen LogP contribution in [0.2, 0.25) is 0 Å². The number of aromatic nitrogens is 7. The minimum absolute atomic E-state index is 0.0720. The van der Waals surface area contributed by atoms with Gasteiger partial charge in [-0.05, 0) is 54.8 Å². The molecule has 1 saturated carbocycles. The van der Waals surface area contributed by atoms with Crippen molar-refractivity contribution in [2.45, 2.75) is 19.3 Å². The molecule has 0 unspecified atom stereocenters. The standard InChI is InChI=1S/C28H22N8O/c37-28(16-3-1-4-16)32-20-11-19(14-30-15-20)17-6-7-22-21(12-17)25(36-35-22)27-33-23-8-10-31-24(26(23)34-27)18-5-2-9-29-13-18/h2,5-16H,1,3-4H2,(H,32,37)(H,33,34)(H,35,36). The molecule has 1 amide bonds. The number of rotatable bonds is 5. The number of anilines is 1. The van der Waals surface area contributed by atoms with Crippen LogP contribution >= 0.6 is 0 Å². The van der Waals surface area contributed by atoms with Crippen LogP contribution in [-0.4, -0.2) is 41.0 Å². The van der Waals surface area contributed by atoms with Gasteiger partial charge in [0, 0.05) is 47.2 Å². The second-order valence-corrected chi connectivity index (χ2v) is 9.29. The van der Waals surface area contributed by atoms with Gasteiger partial charge in [0.2, 0.25) is 5.91 Å². The monoisotopic (exact) mass is 486 g/mol. The van der Waals surface area contributed by atoms with E-state index < -0.39 is 0 Å². The lowest BCUT2D eigenvalue weighted by Gasteiger charge is -2.24. The molecule has 1 aromatic carbocycles. The normalized spacial score (nSPS) is 13.6. The molecular weight excluding hydrogens is 464 g/mol. The molecule has 1 aliphatic rings. The molecule has 0 saturated heterocycles. The molecular formula is C28H22N8O. The highest BCUT2D eigenvalue weighted by Gasteiger charge is 2.25. The summed E-state index contributed by atoms with van der Waals surface area (Å²) in [6.45, 7) is 0. The van der Waals surface area contributed by atoms with Crippen molar-refractivity contribution >= 4 is 33.5 Å². The first kappa shape index (κ1) is 21.4. The van der Waals surface area contributed by atoms with Gasteiger partial charge in [0.25, 0.3) is 0 Å². The Bertz CT molecular complexity index is 1770. The summed E-state index contributed by atoms with van der Waals surface area (Å²) in [7, 11) is 0. The lowest BCUT2D eigenvalue weighted by atomic mass is 9.85. The van der Waals surface area contributed by atoms with Crippen molar-refractivity contribution < 1.29 is 4.79 Å². The maximum absolute atomic E-state index is 12.4. The van der Waals surface area contributed by atoms with Gasteiger partial charge in [0.15, 0.2) is 5.82 Å². The third-order valence-corrected chi connectivity index (χ3v) is 6.94. The second kappa shape index (κ2) is 8.63. The van der Waals surface area contributed by atoms with Crippen LogP contribution in [0.25, 0.3) is 55.8 Å². The SMILES string of the molecule is O=C(Nc1cncc(-c2ccc3[nH]nc(-c4nc5c(-c6cccnc6)nccc5[nH]4)c3c2)c1)C1CCC1. The molecule has 180 valence electrons. The number of fused-ring (bicyclic) bond motifs is 2. The van der Waals surface area contributed by atoms with E-state index in [4.69, 9.17) is 4.98 Å². The van der Waals surface area contributed by atoms with Gasteiger partial charge in [0.1, 0.15) is 11.2 Å². The molecule has 3 N–H and O–H groups in total. The molecule has 1 aliphatic carbocycles. The van der Waals surface area contributed by atoms with Crippen molar-refractivity contribution in [3.8, 4) is 33.9 Å². The summed E-state index contributed by atoms with van der Waals surface area (Å²) in [4.78, 5) is 33.8. The van der Waals surface area contributed by atoms with Crippen LogP contribution in [0.3, 0.4) is 0 Å². The van der Waals surface area contributed by atoms with E-state index in [1.54, 1.807) is 31.0 Å². The first-order valence-corrected chi connectivity index (χ1v) is 12.2. The summed E-state index contributed by atoms with van der Waals surface area (Å²) in [5.41, 5.74) is 7.49. The van der Waals surface area contributed by atoms with E-state index in [0.717, 1.165) is 63.6 Å². The Morgan fingerprint density at radius 2 is 1.81 bits per heavy atom. The van der Waals surface area contributed by atoms with Crippen molar-refractivity contribution in [2.24, 2.45) is 5.92 Å². The van der Waals surface area contributed by atoms with Crippen molar-refractivity contribution in [2.75, 3.05) is 5.32 Å². The zero-order chi connectivity index (χ0) is 24.8. The van der Waals surface area contributed by atoms with Gasteiger partial charge >= 0.3 is 0 Å². The third-order valence-electron chi connectivity index (χ3n) is 6.94. The van der Waals surface area contributed by atoms with E-state index in [0.29, 0.717) is 17.2 Å². The fourth-order valence-electron chi connectivity index (χ4n) is 4.72. The van der Waals surface area contributed by atoms with Gasteiger partial charge in [-0.1, -0.05) is 12.5 Å². The fraction of sp³-hybridized carbons (Fsp3) is 0.143. The average molecular weight is 487 g/mol. The highest BCUT2D eigenvalue weighted by atomic mass is 16.1. The Balaban J connectivity index is 1.26. The maximum atomic E-state index is 12.4. The van der Waals surface area contributed by atoms with Crippen LogP contribution < -0.4 is 5.32 Å². The number of nitrogens with zero attached hydrogens (tertiary/aromatic N) is 5. The topological polar surface area (TPSA) is 125 Å². The van der Waals surface area contributed by atoms with Crippen LogP contribution in [-0.2, 0) is 4.79 Å². The molecule has 0 atom stereocenters. The number of hydrogen-bond donors (Lipinski definition) is 3. The molecule has 5 heterocycles. The van der Waals surface area contributed by atoms with E-state index in [1.807, 2.05) is 36.4 Å². The minimum Gasteiger partial charge on any atom is -0.336 e. The van der Waals surface area contributed by atoms with Crippen LogP contribution in [0.5, 0.6) is 0 Å². The number of nitrogens with one attached hydrogen (secondary N) is 3. The molecule has 5 aromatic heterocycles. The quantitative estimate of drug-likeness (QED) is 0.301. The second-order valence-electron chi connectivity index (χ2n) is 9.29. The largest absolute Gasteiger partial charge is 0.336 e. The molecule has 0 aliphatic heterocycles. The summed E-state index contributed by atoms with van der Waals surface area (Å²) >= 11 is 0. The van der Waals surface area contributed by atoms with Gasteiger partial charge in [-0.15, -0.1) is 0 Å². The highest BCUT2D eigenvalue weighted by Crippen LogP contribution is 2.33. The number of H-pyrrole nitrogens is 2. The summed E-state index contributed by atoms with van der Waals surface area (Å²) in [6.07, 6.45) is 11.8. The first-order valence-electron chi connectivity index (χ1n) is 12.2. The molecule has 0 bridgehead atoms. The van der Waals surface area contributed by atoms with Crippen LogP contribution in [0.4, 0.5) is 5.69 Å². The van der Waals surface area contributed by atoms with Crippen molar-refractivity contribution in [1.29, 1.82) is 0 Å². The molecule has 6 aromatic rings. The van der Waals surface area contributed by atoms with Crippen molar-refractivity contribution in [3.05, 3.63) is 73.4 Å². The van der Waals surface area contributed by atoms with E-state index in [-0.39, 0.29) is 11.8 Å². The van der Waals surface area contributed by atoms with E-state index in [9.17, 15) is 4.79 Å². The van der Waals surface area contributed by atoms with Crippen molar-refractivity contribution in [1.82, 2.24) is 35.1 Å². The number of carbonyl (C=O) groups excluding carboxylic acids is 1. The molecule has 9 heteroatoms. The van der Waals surface area contributed by atoms with Crippen LogP contribution in [0.1, 0.15) is 19.3 Å². The molecule has 7 rings (SSSR count). The molecule has 37 heavy (non-hydrogen) atoms. The van der Waals surface area contributed by atoms with E-state index in [1.165, 1.54) is 0 Å². The fourth-order valence-corrected chi connectivity index (χ4v) is 4.72. The number of aromatic amines is 2. The Morgan fingerprint density at radius 3 is 2.65 bits per heavy atom. The number of amides is 1. The smallest absolute Gasteiger partial charge is 0.227 e. The molecule has 1 fully saturated rings. The van der Waals surface area contributed by atoms with Gasteiger partial charge in [-0.25, -0.2) is 4.98 Å². The summed E-state index contributed by atoms with van der Waals surface area (Å²) < 4.78 is 0. The molecule has 0 spiro atoms. The van der Waals surface area contributed by atoms with Gasteiger partial charge < -0.3 is 10.3 Å². The van der Waals surface area contributed by atoms with Gasteiger partial charge in [-0.2, -0.15) is 5.10 Å². The molecule has 9 nitrogen and oxygen atoms in total. The Kier molecular flexibility index (Phi) is 4.99. The number of benzene rings is 1. The number of hydrogen-bond acceptors (Lipinski definition) is 6. The van der Waals surface area contributed by atoms with Gasteiger partial charge in [-0.3, -0.25) is 24.8 Å². The number of pyridine rings is 3. The zero-order valence-electron chi connectivity index (χ0n) is 19.8. The highest BCUT2D eigenvalue weighted by molar-refractivity contribution is 5.98. The predicted octanol–water partition coefficient (Wildman–Crippen LogP) is 5.36. The van der Waals surface area contributed by atoms with E-state index >= 15 is 0 Å². The van der Waals surface area contributed by atoms with Crippen LogP contribution in [0, 0.1) is 5.92 Å². The Hall–Kier alpha value is -4.92. The zero-order valence-corrected chi connectivity index (χ0v) is 19.8. The van der Waals surface area contributed by atoms with E-state index in [2.05, 4.69) is 41.5 Å². The summed E-state index contributed by atoms with van der Waals surface area (Å²) in [5.74, 6) is 0.838. The van der Waals surface area contributed by atoms with Crippen molar-refractivity contribution in [3.63, 3.8) is 0 Å². The maximum Gasteiger partial charge on any atom is 0.227 e. The molecule has 0 radical (unpaired) electrons. The lowest BCUT2D eigenvalue weighted by molar-refractivity contribution is -0.122. The predicted molar refractivity (Wildman–Crippen MR) is 141 cm³/mol. The minimum atomic E-state index is 0.0720. The Labute approximate surface area is 211 Å². The first-order chi connectivity index (χ1) is 18.2.